The summed E-state index contributed by atoms with van der Waals surface area (Å²) in [6.07, 6.45) is 3.22. The van der Waals surface area contributed by atoms with Crippen LogP contribution in [0.3, 0.4) is 0 Å². The quantitative estimate of drug-likeness (QED) is 0.726. The van der Waals surface area contributed by atoms with E-state index in [2.05, 4.69) is 25.7 Å². The molecule has 0 aliphatic carbocycles. The lowest BCUT2D eigenvalue weighted by Gasteiger charge is -2.32. The van der Waals surface area contributed by atoms with Gasteiger partial charge in [-0.1, -0.05) is 20.3 Å². The Morgan fingerprint density at radius 3 is 2.55 bits per heavy atom. The fraction of sp³-hybridized carbons (Fsp3) is 0.625. The molecule has 1 atom stereocenters. The summed E-state index contributed by atoms with van der Waals surface area (Å²) in [7, 11) is 0. The molecule has 4 heteroatoms. The topological polar surface area (TPSA) is 38.5 Å². The Morgan fingerprint density at radius 1 is 1.30 bits per heavy atom. The summed E-state index contributed by atoms with van der Waals surface area (Å²) in [4.78, 5) is 2.25. The summed E-state index contributed by atoms with van der Waals surface area (Å²) in [6.45, 7) is 9.69. The van der Waals surface area contributed by atoms with Gasteiger partial charge in [0.15, 0.2) is 11.6 Å². The van der Waals surface area contributed by atoms with Crippen molar-refractivity contribution in [2.75, 3.05) is 23.8 Å². The van der Waals surface area contributed by atoms with Gasteiger partial charge in [-0.15, -0.1) is 0 Å². The maximum absolute atomic E-state index is 13.8. The normalized spacial score (nSPS) is 12.2. The van der Waals surface area contributed by atoms with E-state index in [9.17, 15) is 4.39 Å². The van der Waals surface area contributed by atoms with Gasteiger partial charge in [0.2, 0.25) is 0 Å². The number of anilines is 2. The van der Waals surface area contributed by atoms with Crippen molar-refractivity contribution in [2.45, 2.75) is 53.0 Å². The summed E-state index contributed by atoms with van der Waals surface area (Å²) < 4.78 is 19.1. The Balaban J connectivity index is 3.13. The molecule has 0 aromatic heterocycles. The van der Waals surface area contributed by atoms with Crippen molar-refractivity contribution in [1.29, 1.82) is 0 Å². The zero-order valence-electron chi connectivity index (χ0n) is 13.1. The van der Waals surface area contributed by atoms with Crippen LogP contribution in [0.4, 0.5) is 15.8 Å². The number of hydrogen-bond donors (Lipinski definition) is 1. The fourth-order valence-corrected chi connectivity index (χ4v) is 2.20. The summed E-state index contributed by atoms with van der Waals surface area (Å²) in [5.74, 6) is -0.116. The zero-order chi connectivity index (χ0) is 15.1. The molecule has 2 N–H and O–H groups in total. The number of nitrogen functional groups attached to an aromatic ring is 1. The standard InChI is InChI=1S/C16H27FN2O/c1-5-8-9-19(12(4)6-2)15-11-16(20-7-3)13(17)10-14(15)18/h10-12H,5-9,18H2,1-4H3. The van der Waals surface area contributed by atoms with Crippen LogP contribution in [0, 0.1) is 5.82 Å². The number of unbranched alkanes of at least 4 members (excludes halogenated alkanes) is 1. The van der Waals surface area contributed by atoms with E-state index in [4.69, 9.17) is 10.5 Å². The molecule has 0 spiro atoms. The SMILES string of the molecule is CCCCN(c1cc(OCC)c(F)cc1N)C(C)CC. The van der Waals surface area contributed by atoms with Gasteiger partial charge in [-0.05, 0) is 26.7 Å². The van der Waals surface area contributed by atoms with Crippen molar-refractivity contribution in [3.8, 4) is 5.75 Å². The van der Waals surface area contributed by atoms with Crippen molar-refractivity contribution in [1.82, 2.24) is 0 Å². The van der Waals surface area contributed by atoms with Crippen LogP contribution in [0.25, 0.3) is 0 Å². The highest BCUT2D eigenvalue weighted by atomic mass is 19.1. The van der Waals surface area contributed by atoms with Gasteiger partial charge in [-0.2, -0.15) is 0 Å². The van der Waals surface area contributed by atoms with Gasteiger partial charge >= 0.3 is 0 Å². The highest BCUT2D eigenvalue weighted by Gasteiger charge is 2.18. The average molecular weight is 282 g/mol. The maximum atomic E-state index is 13.8. The van der Waals surface area contributed by atoms with Gasteiger partial charge in [0, 0.05) is 24.7 Å². The minimum atomic E-state index is -0.396. The largest absolute Gasteiger partial charge is 0.491 e. The second-order valence-electron chi connectivity index (χ2n) is 5.08. The number of hydrogen-bond acceptors (Lipinski definition) is 3. The molecule has 3 nitrogen and oxygen atoms in total. The van der Waals surface area contributed by atoms with Crippen LogP contribution in [0.1, 0.15) is 47.0 Å². The maximum Gasteiger partial charge on any atom is 0.167 e. The highest BCUT2D eigenvalue weighted by molar-refractivity contribution is 5.70. The number of benzene rings is 1. The lowest BCUT2D eigenvalue weighted by Crippen LogP contribution is -2.34. The van der Waals surface area contributed by atoms with Gasteiger partial charge in [0.1, 0.15) is 0 Å². The summed E-state index contributed by atoms with van der Waals surface area (Å²) >= 11 is 0. The first-order valence-electron chi connectivity index (χ1n) is 7.53. The minimum Gasteiger partial charge on any atom is -0.491 e. The molecule has 0 aliphatic rings. The molecule has 0 heterocycles. The monoisotopic (exact) mass is 282 g/mol. The van der Waals surface area contributed by atoms with E-state index in [1.165, 1.54) is 6.07 Å². The second kappa shape index (κ2) is 7.98. The molecule has 0 fully saturated rings. The van der Waals surface area contributed by atoms with Crippen molar-refractivity contribution >= 4 is 11.4 Å². The molecule has 1 unspecified atom stereocenters. The molecule has 1 aromatic carbocycles. The molecule has 1 rings (SSSR count). The van der Waals surface area contributed by atoms with Gasteiger partial charge in [-0.25, -0.2) is 4.39 Å². The molecule has 114 valence electrons. The van der Waals surface area contributed by atoms with E-state index < -0.39 is 5.82 Å². The Kier molecular flexibility index (Phi) is 6.62. The molecule has 0 saturated carbocycles. The van der Waals surface area contributed by atoms with Crippen molar-refractivity contribution in [2.24, 2.45) is 0 Å². The van der Waals surface area contributed by atoms with Crippen LogP contribution in [0.2, 0.25) is 0 Å². The highest BCUT2D eigenvalue weighted by Crippen LogP contribution is 2.33. The Morgan fingerprint density at radius 2 is 2.00 bits per heavy atom. The predicted molar refractivity (Wildman–Crippen MR) is 84.0 cm³/mol. The van der Waals surface area contributed by atoms with Gasteiger partial charge in [-0.3, -0.25) is 0 Å². The molecule has 20 heavy (non-hydrogen) atoms. The number of nitrogens with two attached hydrogens (primary N) is 1. The fourth-order valence-electron chi connectivity index (χ4n) is 2.20. The van der Waals surface area contributed by atoms with Crippen LogP contribution in [0.15, 0.2) is 12.1 Å². The molecule has 1 aromatic rings. The molecular weight excluding hydrogens is 255 g/mol. The van der Waals surface area contributed by atoms with Crippen LogP contribution in [-0.4, -0.2) is 19.2 Å². The van der Waals surface area contributed by atoms with Crippen LogP contribution in [0.5, 0.6) is 5.75 Å². The number of halogens is 1. The lowest BCUT2D eigenvalue weighted by atomic mass is 10.1. The third kappa shape index (κ3) is 4.02. The molecule has 0 radical (unpaired) electrons. The van der Waals surface area contributed by atoms with Crippen LogP contribution in [-0.2, 0) is 0 Å². The Labute approximate surface area is 121 Å². The number of rotatable bonds is 8. The first-order chi connectivity index (χ1) is 9.54. The Bertz CT molecular complexity index is 423. The van der Waals surface area contributed by atoms with E-state index in [-0.39, 0.29) is 5.75 Å². The van der Waals surface area contributed by atoms with Crippen molar-refractivity contribution < 1.29 is 9.13 Å². The predicted octanol–water partition coefficient (Wildman–Crippen LogP) is 4.21. The third-order valence-corrected chi connectivity index (χ3v) is 3.57. The number of nitrogens with zero attached hydrogens (tertiary/aromatic N) is 1. The lowest BCUT2D eigenvalue weighted by molar-refractivity contribution is 0.321. The average Bonchev–Trinajstić information content (AvgIpc) is 2.43. The minimum absolute atomic E-state index is 0.279. The van der Waals surface area contributed by atoms with Crippen LogP contribution < -0.4 is 15.4 Å². The first-order valence-corrected chi connectivity index (χ1v) is 7.53. The Hall–Kier alpha value is -1.45. The smallest absolute Gasteiger partial charge is 0.167 e. The third-order valence-electron chi connectivity index (χ3n) is 3.57. The van der Waals surface area contributed by atoms with Crippen molar-refractivity contribution in [3.05, 3.63) is 17.9 Å². The zero-order valence-corrected chi connectivity index (χ0v) is 13.1. The summed E-state index contributed by atoms with van der Waals surface area (Å²) in [5, 5.41) is 0. The van der Waals surface area contributed by atoms with Gasteiger partial charge in [0.05, 0.1) is 18.0 Å². The van der Waals surface area contributed by atoms with E-state index in [0.29, 0.717) is 18.3 Å². The van der Waals surface area contributed by atoms with E-state index in [1.54, 1.807) is 6.07 Å². The first kappa shape index (κ1) is 16.6. The van der Waals surface area contributed by atoms with E-state index in [1.807, 2.05) is 6.92 Å². The van der Waals surface area contributed by atoms with E-state index in [0.717, 1.165) is 31.5 Å². The molecule has 0 aliphatic heterocycles. The van der Waals surface area contributed by atoms with E-state index >= 15 is 0 Å². The molecular formula is C16H27FN2O. The van der Waals surface area contributed by atoms with Gasteiger partial charge in [0.25, 0.3) is 0 Å². The number of ether oxygens (including phenoxy) is 1. The van der Waals surface area contributed by atoms with Crippen LogP contribution >= 0.6 is 0 Å². The molecule has 0 saturated heterocycles. The van der Waals surface area contributed by atoms with Gasteiger partial charge < -0.3 is 15.4 Å². The second-order valence-corrected chi connectivity index (χ2v) is 5.08. The molecule has 0 amide bonds. The summed E-state index contributed by atoms with van der Waals surface area (Å²) in [5.41, 5.74) is 7.36. The summed E-state index contributed by atoms with van der Waals surface area (Å²) in [6, 6.07) is 3.46. The van der Waals surface area contributed by atoms with Crippen molar-refractivity contribution in [3.63, 3.8) is 0 Å². The molecule has 0 bridgehead atoms.